The molecule has 3 nitrogen and oxygen atoms in total. The number of carbonyl (C=O) groups is 1. The molecule has 0 aromatic carbocycles. The summed E-state index contributed by atoms with van der Waals surface area (Å²) in [4.78, 5) is 11.6. The summed E-state index contributed by atoms with van der Waals surface area (Å²) >= 11 is 0. The summed E-state index contributed by atoms with van der Waals surface area (Å²) in [6.45, 7) is 1.33. The molecule has 0 heterocycles. The van der Waals surface area contributed by atoms with Crippen molar-refractivity contribution < 1.29 is 14.0 Å². The summed E-state index contributed by atoms with van der Waals surface area (Å²) in [5.74, 6) is -0.159. The van der Waals surface area contributed by atoms with Crippen molar-refractivity contribution in [3.05, 3.63) is 23.8 Å². The lowest BCUT2D eigenvalue weighted by atomic mass is 10.1. The fourth-order valence-corrected chi connectivity index (χ4v) is 1.28. The van der Waals surface area contributed by atoms with E-state index in [9.17, 15) is 4.79 Å². The first-order valence-electron chi connectivity index (χ1n) is 5.32. The zero-order valence-electron chi connectivity index (χ0n) is 9.82. The fourth-order valence-electron chi connectivity index (χ4n) is 1.28. The van der Waals surface area contributed by atoms with Crippen LogP contribution in [0.4, 0.5) is 0 Å². The van der Waals surface area contributed by atoms with Crippen LogP contribution in [-0.4, -0.2) is 44.7 Å². The molecule has 3 heteroatoms. The number of hydrogen-bond donors (Lipinski definition) is 0. The van der Waals surface area contributed by atoms with Gasteiger partial charge in [-0.25, -0.2) is 4.79 Å². The largest absolute Gasteiger partial charge is 0.456 e. The molecular weight excluding hydrogens is 190 g/mol. The highest BCUT2D eigenvalue weighted by molar-refractivity contribution is 5.89. The lowest BCUT2D eigenvalue weighted by Crippen LogP contribution is -2.38. The van der Waals surface area contributed by atoms with Crippen molar-refractivity contribution in [3.8, 4) is 0 Å². The minimum Gasteiger partial charge on any atom is -0.456 e. The van der Waals surface area contributed by atoms with E-state index in [4.69, 9.17) is 4.74 Å². The molecule has 0 N–H and O–H groups in total. The zero-order valence-corrected chi connectivity index (χ0v) is 9.82. The van der Waals surface area contributed by atoms with Gasteiger partial charge in [0.1, 0.15) is 13.2 Å². The molecule has 1 aliphatic carbocycles. The molecule has 0 spiro atoms. The lowest BCUT2D eigenvalue weighted by Gasteiger charge is -2.23. The quantitative estimate of drug-likeness (QED) is 0.519. The Balaban J connectivity index is 2.30. The Morgan fingerprint density at radius 1 is 1.47 bits per heavy atom. The number of esters is 1. The molecule has 0 saturated carbocycles. The highest BCUT2D eigenvalue weighted by atomic mass is 16.5. The SMILES string of the molecule is C[N+](C)(C)CCOC(=O)C1=CC=CCC1. The van der Waals surface area contributed by atoms with Crippen molar-refractivity contribution in [2.45, 2.75) is 12.8 Å². The molecular formula is C12H20NO2+. The van der Waals surface area contributed by atoms with Crippen LogP contribution in [0.3, 0.4) is 0 Å². The highest BCUT2D eigenvalue weighted by Crippen LogP contribution is 2.12. The standard InChI is InChI=1S/C12H20NO2/c1-13(2,3)9-10-15-12(14)11-7-5-4-6-8-11/h4-5,7H,6,8-10H2,1-3H3/q+1. The minimum absolute atomic E-state index is 0.159. The third-order valence-electron chi connectivity index (χ3n) is 2.27. The number of quaternary nitrogens is 1. The van der Waals surface area contributed by atoms with Gasteiger partial charge in [0.25, 0.3) is 0 Å². The molecule has 0 unspecified atom stereocenters. The second kappa shape index (κ2) is 5.12. The predicted molar refractivity (Wildman–Crippen MR) is 60.3 cm³/mol. The number of ether oxygens (including phenoxy) is 1. The van der Waals surface area contributed by atoms with Crippen LogP contribution in [-0.2, 0) is 9.53 Å². The van der Waals surface area contributed by atoms with Gasteiger partial charge in [-0.15, -0.1) is 0 Å². The molecule has 0 atom stereocenters. The maximum atomic E-state index is 11.6. The fraction of sp³-hybridized carbons (Fsp3) is 0.583. The van der Waals surface area contributed by atoms with E-state index in [1.807, 2.05) is 12.2 Å². The van der Waals surface area contributed by atoms with Crippen molar-refractivity contribution >= 4 is 5.97 Å². The van der Waals surface area contributed by atoms with Gasteiger partial charge in [-0.3, -0.25) is 0 Å². The van der Waals surface area contributed by atoms with Crippen molar-refractivity contribution in [1.82, 2.24) is 0 Å². The molecule has 0 radical (unpaired) electrons. The predicted octanol–water partition coefficient (Wildman–Crippen LogP) is 1.51. The summed E-state index contributed by atoms with van der Waals surface area (Å²) < 4.78 is 6.01. The van der Waals surface area contributed by atoms with Gasteiger partial charge in [0.15, 0.2) is 0 Å². The number of nitrogens with zero attached hydrogens (tertiary/aromatic N) is 1. The maximum absolute atomic E-state index is 11.6. The number of allylic oxidation sites excluding steroid dienone is 3. The molecule has 0 aliphatic heterocycles. The van der Waals surface area contributed by atoms with Gasteiger partial charge < -0.3 is 9.22 Å². The molecule has 0 aromatic heterocycles. The topological polar surface area (TPSA) is 26.3 Å². The van der Waals surface area contributed by atoms with Gasteiger partial charge in [0.05, 0.1) is 21.1 Å². The highest BCUT2D eigenvalue weighted by Gasteiger charge is 2.13. The molecule has 84 valence electrons. The van der Waals surface area contributed by atoms with Crippen LogP contribution < -0.4 is 0 Å². The first-order chi connectivity index (χ1) is 6.99. The average Bonchev–Trinajstić information content (AvgIpc) is 2.17. The van der Waals surface area contributed by atoms with Gasteiger partial charge in [-0.05, 0) is 12.8 Å². The van der Waals surface area contributed by atoms with Crippen molar-refractivity contribution in [1.29, 1.82) is 0 Å². The van der Waals surface area contributed by atoms with E-state index in [1.165, 1.54) is 0 Å². The number of likely N-dealkylation sites (N-methyl/N-ethyl adjacent to an activating group) is 1. The Hall–Kier alpha value is -1.09. The summed E-state index contributed by atoms with van der Waals surface area (Å²) in [7, 11) is 6.24. The van der Waals surface area contributed by atoms with Crippen LogP contribution in [0.2, 0.25) is 0 Å². The van der Waals surface area contributed by atoms with Crippen LogP contribution in [0.1, 0.15) is 12.8 Å². The molecule has 0 amide bonds. The van der Waals surface area contributed by atoms with Crippen molar-refractivity contribution in [2.24, 2.45) is 0 Å². The van der Waals surface area contributed by atoms with Crippen LogP contribution >= 0.6 is 0 Å². The Kier molecular flexibility index (Phi) is 4.09. The van der Waals surface area contributed by atoms with E-state index < -0.39 is 0 Å². The van der Waals surface area contributed by atoms with Crippen molar-refractivity contribution in [3.63, 3.8) is 0 Å². The summed E-state index contributed by atoms with van der Waals surface area (Å²) in [6.07, 6.45) is 7.57. The Labute approximate surface area is 91.6 Å². The van der Waals surface area contributed by atoms with E-state index in [1.54, 1.807) is 0 Å². The van der Waals surface area contributed by atoms with Crippen LogP contribution in [0.5, 0.6) is 0 Å². The first kappa shape index (κ1) is 12.0. The molecule has 0 aromatic rings. The Morgan fingerprint density at radius 3 is 2.73 bits per heavy atom. The maximum Gasteiger partial charge on any atom is 0.334 e. The monoisotopic (exact) mass is 210 g/mol. The normalized spacial score (nSPS) is 16.1. The Morgan fingerprint density at radius 2 is 2.20 bits per heavy atom. The molecule has 0 fully saturated rings. The van der Waals surface area contributed by atoms with Gasteiger partial charge in [-0.1, -0.05) is 18.2 Å². The number of rotatable bonds is 4. The molecule has 0 saturated heterocycles. The lowest BCUT2D eigenvalue weighted by molar-refractivity contribution is -0.870. The number of carbonyl (C=O) groups excluding carboxylic acids is 1. The van der Waals surface area contributed by atoms with E-state index in [2.05, 4.69) is 27.2 Å². The van der Waals surface area contributed by atoms with Gasteiger partial charge in [0, 0.05) is 5.57 Å². The molecule has 1 rings (SSSR count). The zero-order chi connectivity index (χ0) is 11.3. The summed E-state index contributed by atoms with van der Waals surface area (Å²) in [5.41, 5.74) is 0.791. The smallest absolute Gasteiger partial charge is 0.334 e. The second-order valence-corrected chi connectivity index (χ2v) is 4.81. The molecule has 15 heavy (non-hydrogen) atoms. The average molecular weight is 210 g/mol. The van der Waals surface area contributed by atoms with Crippen LogP contribution in [0, 0.1) is 0 Å². The van der Waals surface area contributed by atoms with Crippen molar-refractivity contribution in [2.75, 3.05) is 34.3 Å². The first-order valence-corrected chi connectivity index (χ1v) is 5.32. The van der Waals surface area contributed by atoms with E-state index in [-0.39, 0.29) is 5.97 Å². The van der Waals surface area contributed by atoms with Crippen LogP contribution in [0.25, 0.3) is 0 Å². The summed E-state index contributed by atoms with van der Waals surface area (Å²) in [6, 6.07) is 0. The third kappa shape index (κ3) is 4.79. The molecule has 0 bridgehead atoms. The molecule has 1 aliphatic rings. The number of hydrogen-bond acceptors (Lipinski definition) is 2. The third-order valence-corrected chi connectivity index (χ3v) is 2.27. The van der Waals surface area contributed by atoms with E-state index in [0.29, 0.717) is 6.61 Å². The second-order valence-electron chi connectivity index (χ2n) is 4.81. The Bertz CT molecular complexity index is 284. The van der Waals surface area contributed by atoms with E-state index in [0.717, 1.165) is 29.4 Å². The summed E-state index contributed by atoms with van der Waals surface area (Å²) in [5, 5.41) is 0. The minimum atomic E-state index is -0.159. The van der Waals surface area contributed by atoms with Gasteiger partial charge in [0.2, 0.25) is 0 Å². The van der Waals surface area contributed by atoms with Gasteiger partial charge in [-0.2, -0.15) is 0 Å². The van der Waals surface area contributed by atoms with Crippen LogP contribution in [0.15, 0.2) is 23.8 Å². The van der Waals surface area contributed by atoms with Gasteiger partial charge >= 0.3 is 5.97 Å². The van der Waals surface area contributed by atoms with E-state index >= 15 is 0 Å².